The zero-order valence-electron chi connectivity index (χ0n) is 18.7. The van der Waals surface area contributed by atoms with Gasteiger partial charge in [-0.1, -0.05) is 78.9 Å². The molecule has 1 N–H and O–H groups in total. The first-order chi connectivity index (χ1) is 16.0. The average Bonchev–Trinajstić information content (AvgIpc) is 2.82. The number of benzene rings is 3. The molecule has 0 aliphatic carbocycles. The first-order valence-corrected chi connectivity index (χ1v) is 11.2. The monoisotopic (exact) mass is 437 g/mol. The Hall–Kier alpha value is -3.92. The normalized spacial score (nSPS) is 11.3. The van der Waals surface area contributed by atoms with Crippen molar-refractivity contribution in [3.8, 4) is 0 Å². The fourth-order valence-corrected chi connectivity index (χ4v) is 4.17. The van der Waals surface area contributed by atoms with Crippen LogP contribution < -0.4 is 5.56 Å². The maximum absolute atomic E-state index is 13.4. The number of carbonyl (C=O) groups is 1. The SMILES string of the molecule is Cc1cn(Cc2ccccc2)c(=O)c(CCCC(=O)O)c1/C=C/c1ccc2ccccc2c1. The van der Waals surface area contributed by atoms with Crippen LogP contribution in [0.2, 0.25) is 0 Å². The molecule has 0 atom stereocenters. The van der Waals surface area contributed by atoms with Crippen molar-refractivity contribution in [2.24, 2.45) is 0 Å². The molecular formula is C29H27NO3. The van der Waals surface area contributed by atoms with Gasteiger partial charge in [0.1, 0.15) is 0 Å². The van der Waals surface area contributed by atoms with Crippen LogP contribution in [0.4, 0.5) is 0 Å². The minimum atomic E-state index is -0.847. The summed E-state index contributed by atoms with van der Waals surface area (Å²) in [6.45, 7) is 2.49. The van der Waals surface area contributed by atoms with E-state index in [-0.39, 0.29) is 12.0 Å². The van der Waals surface area contributed by atoms with E-state index in [9.17, 15) is 9.59 Å². The second-order valence-electron chi connectivity index (χ2n) is 8.31. The second-order valence-corrected chi connectivity index (χ2v) is 8.31. The molecule has 0 spiro atoms. The van der Waals surface area contributed by atoms with Gasteiger partial charge in [0.2, 0.25) is 0 Å². The van der Waals surface area contributed by atoms with Crippen LogP contribution in [0.3, 0.4) is 0 Å². The smallest absolute Gasteiger partial charge is 0.303 e. The molecule has 4 aromatic rings. The Bertz CT molecular complexity index is 1370. The van der Waals surface area contributed by atoms with E-state index >= 15 is 0 Å². The number of aromatic nitrogens is 1. The Morgan fingerprint density at radius 1 is 0.939 bits per heavy atom. The number of nitrogens with zero attached hydrogens (tertiary/aromatic N) is 1. The van der Waals surface area contributed by atoms with Crippen molar-refractivity contribution in [1.82, 2.24) is 4.57 Å². The molecule has 0 fully saturated rings. The van der Waals surface area contributed by atoms with Gasteiger partial charge in [0.05, 0.1) is 6.54 Å². The van der Waals surface area contributed by atoms with Crippen LogP contribution in [0.1, 0.15) is 40.7 Å². The fraction of sp³-hybridized carbons (Fsp3) is 0.172. The predicted molar refractivity (Wildman–Crippen MR) is 134 cm³/mol. The summed E-state index contributed by atoms with van der Waals surface area (Å²) < 4.78 is 1.73. The molecule has 0 aliphatic heterocycles. The van der Waals surface area contributed by atoms with E-state index in [0.717, 1.165) is 27.6 Å². The number of rotatable bonds is 8. The van der Waals surface area contributed by atoms with Crippen LogP contribution in [0.25, 0.3) is 22.9 Å². The van der Waals surface area contributed by atoms with Crippen molar-refractivity contribution in [2.75, 3.05) is 0 Å². The van der Waals surface area contributed by atoms with Gasteiger partial charge in [-0.2, -0.15) is 0 Å². The zero-order valence-corrected chi connectivity index (χ0v) is 18.7. The summed E-state index contributed by atoms with van der Waals surface area (Å²) in [7, 11) is 0. The van der Waals surface area contributed by atoms with Gasteiger partial charge >= 0.3 is 5.97 Å². The van der Waals surface area contributed by atoms with Crippen LogP contribution in [0.15, 0.2) is 83.8 Å². The Labute approximate surface area is 193 Å². The molecule has 166 valence electrons. The van der Waals surface area contributed by atoms with Gasteiger partial charge < -0.3 is 9.67 Å². The number of carboxylic acids is 1. The van der Waals surface area contributed by atoms with Crippen molar-refractivity contribution >= 4 is 28.9 Å². The average molecular weight is 438 g/mol. The van der Waals surface area contributed by atoms with Crippen molar-refractivity contribution in [3.63, 3.8) is 0 Å². The number of pyridine rings is 1. The fourth-order valence-electron chi connectivity index (χ4n) is 4.17. The standard InChI is InChI=1S/C29H27NO3/c1-21-19-30(20-23-8-3-2-4-9-23)29(33)27(12-7-13-28(31)32)26(21)17-15-22-14-16-24-10-5-6-11-25(24)18-22/h2-6,8-11,14-19H,7,12-13,20H2,1H3,(H,31,32)/b17-15+. The summed E-state index contributed by atoms with van der Waals surface area (Å²) in [5.41, 5.74) is 4.58. The van der Waals surface area contributed by atoms with Crippen molar-refractivity contribution in [2.45, 2.75) is 32.7 Å². The maximum Gasteiger partial charge on any atom is 0.303 e. The van der Waals surface area contributed by atoms with Gasteiger partial charge in [-0.05, 0) is 58.9 Å². The van der Waals surface area contributed by atoms with Gasteiger partial charge in [-0.25, -0.2) is 0 Å². The second kappa shape index (κ2) is 10.1. The highest BCUT2D eigenvalue weighted by molar-refractivity contribution is 5.86. The first-order valence-electron chi connectivity index (χ1n) is 11.2. The van der Waals surface area contributed by atoms with E-state index in [0.29, 0.717) is 24.9 Å². The quantitative estimate of drug-likeness (QED) is 0.371. The van der Waals surface area contributed by atoms with Crippen LogP contribution in [0.5, 0.6) is 0 Å². The molecule has 0 radical (unpaired) electrons. The third-order valence-electron chi connectivity index (χ3n) is 5.85. The van der Waals surface area contributed by atoms with E-state index in [4.69, 9.17) is 5.11 Å². The zero-order chi connectivity index (χ0) is 23.2. The molecule has 33 heavy (non-hydrogen) atoms. The number of carboxylic acid groups (broad SMARTS) is 1. The van der Waals surface area contributed by atoms with Crippen molar-refractivity contribution < 1.29 is 9.90 Å². The molecule has 0 aliphatic rings. The van der Waals surface area contributed by atoms with Gasteiger partial charge in [0.15, 0.2) is 0 Å². The molecule has 0 saturated heterocycles. The first kappa shape index (κ1) is 22.3. The summed E-state index contributed by atoms with van der Waals surface area (Å²) in [6, 6.07) is 24.4. The molecule has 4 rings (SSSR count). The molecule has 0 amide bonds. The Balaban J connectivity index is 1.71. The van der Waals surface area contributed by atoms with Gasteiger partial charge in [-0.15, -0.1) is 0 Å². The Morgan fingerprint density at radius 3 is 2.42 bits per heavy atom. The lowest BCUT2D eigenvalue weighted by molar-refractivity contribution is -0.137. The summed E-state index contributed by atoms with van der Waals surface area (Å²) in [5, 5.41) is 11.4. The van der Waals surface area contributed by atoms with Gasteiger partial charge in [-0.3, -0.25) is 9.59 Å². The van der Waals surface area contributed by atoms with Crippen LogP contribution in [-0.2, 0) is 17.8 Å². The number of hydrogen-bond acceptors (Lipinski definition) is 2. The van der Waals surface area contributed by atoms with Gasteiger partial charge in [0.25, 0.3) is 5.56 Å². The lowest BCUT2D eigenvalue weighted by atomic mass is 9.98. The van der Waals surface area contributed by atoms with E-state index in [1.807, 2.05) is 67.7 Å². The van der Waals surface area contributed by atoms with Crippen LogP contribution in [-0.4, -0.2) is 15.6 Å². The van der Waals surface area contributed by atoms with Crippen LogP contribution in [0, 0.1) is 6.92 Å². The highest BCUT2D eigenvalue weighted by atomic mass is 16.4. The largest absolute Gasteiger partial charge is 0.481 e. The third-order valence-corrected chi connectivity index (χ3v) is 5.85. The summed E-state index contributed by atoms with van der Waals surface area (Å²) in [5.74, 6) is -0.847. The van der Waals surface area contributed by atoms with Crippen molar-refractivity contribution in [3.05, 3.63) is 117 Å². The number of fused-ring (bicyclic) bond motifs is 1. The maximum atomic E-state index is 13.4. The molecule has 3 aromatic carbocycles. The third kappa shape index (κ3) is 5.47. The number of aliphatic carboxylic acids is 1. The van der Waals surface area contributed by atoms with E-state index in [1.165, 1.54) is 5.39 Å². The number of aryl methyl sites for hydroxylation is 1. The molecule has 0 bridgehead atoms. The predicted octanol–water partition coefficient (Wildman–Crippen LogP) is 5.94. The number of hydrogen-bond donors (Lipinski definition) is 1. The summed E-state index contributed by atoms with van der Waals surface area (Å²) >= 11 is 0. The Morgan fingerprint density at radius 2 is 1.67 bits per heavy atom. The minimum absolute atomic E-state index is 0.0416. The molecular weight excluding hydrogens is 410 g/mol. The lowest BCUT2D eigenvalue weighted by Crippen LogP contribution is -2.26. The lowest BCUT2D eigenvalue weighted by Gasteiger charge is -2.14. The molecule has 4 nitrogen and oxygen atoms in total. The summed E-state index contributed by atoms with van der Waals surface area (Å²) in [4.78, 5) is 24.4. The van der Waals surface area contributed by atoms with E-state index in [1.54, 1.807) is 4.57 Å². The van der Waals surface area contributed by atoms with E-state index < -0.39 is 5.97 Å². The molecule has 4 heteroatoms. The topological polar surface area (TPSA) is 59.3 Å². The van der Waals surface area contributed by atoms with Crippen molar-refractivity contribution in [1.29, 1.82) is 0 Å². The molecule has 0 unspecified atom stereocenters. The minimum Gasteiger partial charge on any atom is -0.481 e. The molecule has 0 saturated carbocycles. The molecule has 1 aromatic heterocycles. The highest BCUT2D eigenvalue weighted by Gasteiger charge is 2.13. The molecule has 1 heterocycles. The highest BCUT2D eigenvalue weighted by Crippen LogP contribution is 2.20. The van der Waals surface area contributed by atoms with Crippen LogP contribution >= 0.6 is 0 Å². The van der Waals surface area contributed by atoms with E-state index in [2.05, 4.69) is 30.3 Å². The van der Waals surface area contributed by atoms with Gasteiger partial charge in [0, 0.05) is 18.2 Å². The Kier molecular flexibility index (Phi) is 6.84. The summed E-state index contributed by atoms with van der Waals surface area (Å²) in [6.07, 6.45) is 6.81.